The minimum atomic E-state index is 0. The van der Waals surface area contributed by atoms with Crippen LogP contribution in [0.15, 0.2) is 22.8 Å². The summed E-state index contributed by atoms with van der Waals surface area (Å²) in [6, 6.07) is 4.47. The van der Waals surface area contributed by atoms with Gasteiger partial charge in [0.25, 0.3) is 0 Å². The summed E-state index contributed by atoms with van der Waals surface area (Å²) < 4.78 is 5.31. The smallest absolute Gasteiger partial charge is 0.120 e. The van der Waals surface area contributed by atoms with Crippen LogP contribution in [-0.2, 0) is 0 Å². The first kappa shape index (κ1) is 9.62. The highest BCUT2D eigenvalue weighted by Gasteiger charge is 2.15. The Hall–Kier alpha value is -0.470. The highest BCUT2D eigenvalue weighted by molar-refractivity contribution is 5.85. The van der Waals surface area contributed by atoms with Gasteiger partial charge >= 0.3 is 0 Å². The first-order valence-electron chi connectivity index (χ1n) is 4.23. The number of hydrogen-bond donors (Lipinski definition) is 1. The molecule has 1 fully saturated rings. The maximum absolute atomic E-state index is 5.31. The van der Waals surface area contributed by atoms with Gasteiger partial charge in [0.1, 0.15) is 5.76 Å². The van der Waals surface area contributed by atoms with Gasteiger partial charge in [-0.1, -0.05) is 6.42 Å². The molecule has 1 aliphatic rings. The van der Waals surface area contributed by atoms with Gasteiger partial charge in [-0.25, -0.2) is 0 Å². The van der Waals surface area contributed by atoms with Gasteiger partial charge in [-0.3, -0.25) is 0 Å². The predicted molar refractivity (Wildman–Crippen MR) is 50.6 cm³/mol. The molecule has 1 aromatic rings. The molecule has 1 saturated heterocycles. The van der Waals surface area contributed by atoms with Gasteiger partial charge in [0, 0.05) is 0 Å². The molecule has 0 bridgehead atoms. The van der Waals surface area contributed by atoms with E-state index in [4.69, 9.17) is 4.42 Å². The number of hydrogen-bond acceptors (Lipinski definition) is 2. The lowest BCUT2D eigenvalue weighted by Gasteiger charge is -2.21. The lowest BCUT2D eigenvalue weighted by atomic mass is 10.0. The van der Waals surface area contributed by atoms with Gasteiger partial charge in [0.15, 0.2) is 0 Å². The molecule has 0 aliphatic carbocycles. The van der Waals surface area contributed by atoms with E-state index in [2.05, 4.69) is 5.32 Å². The van der Waals surface area contributed by atoms with Crippen molar-refractivity contribution >= 4 is 12.4 Å². The fourth-order valence-electron chi connectivity index (χ4n) is 1.58. The van der Waals surface area contributed by atoms with Crippen molar-refractivity contribution in [2.75, 3.05) is 6.54 Å². The van der Waals surface area contributed by atoms with E-state index < -0.39 is 0 Å². The Bertz CT molecular complexity index is 204. The highest BCUT2D eigenvalue weighted by Crippen LogP contribution is 2.22. The number of furan rings is 1. The van der Waals surface area contributed by atoms with E-state index >= 15 is 0 Å². The second kappa shape index (κ2) is 4.53. The molecule has 1 N–H and O–H groups in total. The monoisotopic (exact) mass is 187 g/mol. The quantitative estimate of drug-likeness (QED) is 0.731. The van der Waals surface area contributed by atoms with Gasteiger partial charge < -0.3 is 9.73 Å². The summed E-state index contributed by atoms with van der Waals surface area (Å²) in [5.74, 6) is 1.09. The molecule has 12 heavy (non-hydrogen) atoms. The predicted octanol–water partition coefficient (Wildman–Crippen LogP) is 2.52. The third-order valence-electron chi connectivity index (χ3n) is 2.20. The minimum Gasteiger partial charge on any atom is -0.468 e. The summed E-state index contributed by atoms with van der Waals surface area (Å²) in [5.41, 5.74) is 0. The molecule has 0 spiro atoms. The van der Waals surface area contributed by atoms with Crippen molar-refractivity contribution in [1.29, 1.82) is 0 Å². The molecular formula is C9H14ClNO. The van der Waals surface area contributed by atoms with Crippen LogP contribution in [0.5, 0.6) is 0 Å². The molecule has 2 rings (SSSR count). The zero-order valence-corrected chi connectivity index (χ0v) is 7.77. The summed E-state index contributed by atoms with van der Waals surface area (Å²) in [6.07, 6.45) is 5.58. The fraction of sp³-hybridized carbons (Fsp3) is 0.556. The molecule has 68 valence electrons. The molecule has 2 heterocycles. The van der Waals surface area contributed by atoms with Gasteiger partial charge in [0.05, 0.1) is 12.3 Å². The van der Waals surface area contributed by atoms with Crippen LogP contribution >= 0.6 is 12.4 Å². The Morgan fingerprint density at radius 2 is 2.33 bits per heavy atom. The zero-order chi connectivity index (χ0) is 7.52. The molecule has 0 radical (unpaired) electrons. The van der Waals surface area contributed by atoms with Crippen molar-refractivity contribution in [3.8, 4) is 0 Å². The van der Waals surface area contributed by atoms with Gasteiger partial charge in [-0.05, 0) is 31.5 Å². The molecular weight excluding hydrogens is 174 g/mol. The first-order valence-corrected chi connectivity index (χ1v) is 4.23. The third kappa shape index (κ3) is 2.02. The van der Waals surface area contributed by atoms with E-state index in [1.54, 1.807) is 6.26 Å². The highest BCUT2D eigenvalue weighted by atomic mass is 35.5. The van der Waals surface area contributed by atoms with E-state index in [0.717, 1.165) is 12.3 Å². The Morgan fingerprint density at radius 1 is 1.42 bits per heavy atom. The SMILES string of the molecule is Cl.c1coc(C2CCCCN2)c1. The number of rotatable bonds is 1. The van der Waals surface area contributed by atoms with E-state index in [0.29, 0.717) is 6.04 Å². The maximum atomic E-state index is 5.31. The summed E-state index contributed by atoms with van der Waals surface area (Å²) >= 11 is 0. The van der Waals surface area contributed by atoms with Crippen molar-refractivity contribution in [2.45, 2.75) is 25.3 Å². The molecule has 0 saturated carbocycles. The third-order valence-corrected chi connectivity index (χ3v) is 2.20. The van der Waals surface area contributed by atoms with E-state index in [-0.39, 0.29) is 12.4 Å². The minimum absolute atomic E-state index is 0. The number of halogens is 1. The van der Waals surface area contributed by atoms with Gasteiger partial charge in [-0.2, -0.15) is 0 Å². The Morgan fingerprint density at radius 3 is 2.92 bits per heavy atom. The van der Waals surface area contributed by atoms with Crippen LogP contribution in [0, 0.1) is 0 Å². The van der Waals surface area contributed by atoms with Crippen LogP contribution < -0.4 is 5.32 Å². The lowest BCUT2D eigenvalue weighted by Crippen LogP contribution is -2.26. The molecule has 1 atom stereocenters. The second-order valence-corrected chi connectivity index (χ2v) is 3.02. The maximum Gasteiger partial charge on any atom is 0.120 e. The molecule has 0 aromatic carbocycles. The Kier molecular flexibility index (Phi) is 3.63. The molecule has 1 unspecified atom stereocenters. The average molecular weight is 188 g/mol. The topological polar surface area (TPSA) is 25.2 Å². The average Bonchev–Trinajstić information content (AvgIpc) is 2.58. The van der Waals surface area contributed by atoms with Crippen LogP contribution in [0.25, 0.3) is 0 Å². The normalized spacial score (nSPS) is 23.2. The number of nitrogens with one attached hydrogen (secondary N) is 1. The van der Waals surface area contributed by atoms with Crippen LogP contribution in [0.1, 0.15) is 31.1 Å². The fourth-order valence-corrected chi connectivity index (χ4v) is 1.58. The van der Waals surface area contributed by atoms with Crippen LogP contribution in [0.2, 0.25) is 0 Å². The Balaban J connectivity index is 0.000000720. The zero-order valence-electron chi connectivity index (χ0n) is 6.95. The van der Waals surface area contributed by atoms with Gasteiger partial charge in [0.2, 0.25) is 0 Å². The summed E-state index contributed by atoms with van der Waals surface area (Å²) in [4.78, 5) is 0. The van der Waals surface area contributed by atoms with Crippen molar-refractivity contribution in [3.05, 3.63) is 24.2 Å². The number of piperidine rings is 1. The largest absolute Gasteiger partial charge is 0.468 e. The van der Waals surface area contributed by atoms with E-state index in [1.165, 1.54) is 19.3 Å². The van der Waals surface area contributed by atoms with Crippen molar-refractivity contribution < 1.29 is 4.42 Å². The summed E-state index contributed by atoms with van der Waals surface area (Å²) in [7, 11) is 0. The van der Waals surface area contributed by atoms with Crippen LogP contribution in [0.3, 0.4) is 0 Å². The standard InChI is InChI=1S/C9H13NO.ClH/c1-2-6-10-8(4-1)9-5-3-7-11-9;/h3,5,7-8,10H,1-2,4,6H2;1H. The van der Waals surface area contributed by atoms with Crippen LogP contribution in [-0.4, -0.2) is 6.54 Å². The molecule has 1 aliphatic heterocycles. The van der Waals surface area contributed by atoms with Crippen molar-refractivity contribution in [1.82, 2.24) is 5.32 Å². The van der Waals surface area contributed by atoms with E-state index in [9.17, 15) is 0 Å². The molecule has 0 amide bonds. The first-order chi connectivity index (χ1) is 5.47. The van der Waals surface area contributed by atoms with Gasteiger partial charge in [-0.15, -0.1) is 12.4 Å². The van der Waals surface area contributed by atoms with E-state index in [1.807, 2.05) is 12.1 Å². The van der Waals surface area contributed by atoms with Crippen molar-refractivity contribution in [3.63, 3.8) is 0 Å². The lowest BCUT2D eigenvalue weighted by molar-refractivity contribution is 0.349. The molecule has 3 heteroatoms. The molecule has 1 aromatic heterocycles. The Labute approximate surface area is 78.7 Å². The summed E-state index contributed by atoms with van der Waals surface area (Å²) in [5, 5.41) is 3.43. The molecule has 2 nitrogen and oxygen atoms in total. The van der Waals surface area contributed by atoms with Crippen molar-refractivity contribution in [2.24, 2.45) is 0 Å². The summed E-state index contributed by atoms with van der Waals surface area (Å²) in [6.45, 7) is 1.13. The second-order valence-electron chi connectivity index (χ2n) is 3.02. The van der Waals surface area contributed by atoms with Crippen LogP contribution in [0.4, 0.5) is 0 Å².